The van der Waals surface area contributed by atoms with Gasteiger partial charge in [0.1, 0.15) is 11.7 Å². The number of aromatic amines is 1. The molecular weight excluding hydrogens is 378 g/mol. The van der Waals surface area contributed by atoms with Crippen molar-refractivity contribution in [2.75, 3.05) is 19.8 Å². The van der Waals surface area contributed by atoms with Crippen LogP contribution in [0.2, 0.25) is 0 Å². The number of fused-ring (bicyclic) bond motifs is 1. The molecule has 3 aromatic heterocycles. The van der Waals surface area contributed by atoms with E-state index in [0.717, 1.165) is 9.86 Å². The Bertz CT molecular complexity index is 906. The Morgan fingerprint density at radius 3 is 3.17 bits per heavy atom. The molecule has 0 radical (unpaired) electrons. The lowest BCUT2D eigenvalue weighted by Crippen LogP contribution is -2.43. The molecule has 1 N–H and O–H groups in total. The third-order valence-electron chi connectivity index (χ3n) is 3.96. The van der Waals surface area contributed by atoms with Gasteiger partial charge < -0.3 is 19.1 Å². The molecule has 1 aliphatic rings. The highest BCUT2D eigenvalue weighted by molar-refractivity contribution is 9.10. The highest BCUT2D eigenvalue weighted by Crippen LogP contribution is 2.27. The molecule has 0 saturated carbocycles. The molecule has 1 unspecified atom stereocenters. The number of rotatable bonds is 2. The van der Waals surface area contributed by atoms with Crippen molar-refractivity contribution in [3.8, 4) is 0 Å². The number of hydrogen-bond acceptors (Lipinski definition) is 6. The normalized spacial score (nSPS) is 18.2. The fourth-order valence-corrected chi connectivity index (χ4v) is 3.15. The molecule has 0 spiro atoms. The van der Waals surface area contributed by atoms with Gasteiger partial charge in [0.2, 0.25) is 5.89 Å². The minimum atomic E-state index is -0.367. The fraction of sp³-hybridized carbons (Fsp3) is 0.333. The maximum atomic E-state index is 13.1. The average molecular weight is 392 g/mol. The fourth-order valence-electron chi connectivity index (χ4n) is 2.82. The quantitative estimate of drug-likeness (QED) is 0.719. The average Bonchev–Trinajstić information content (AvgIpc) is 3.20. The van der Waals surface area contributed by atoms with E-state index in [9.17, 15) is 4.79 Å². The molecule has 4 heterocycles. The van der Waals surface area contributed by atoms with Crippen molar-refractivity contribution >= 4 is 32.9 Å². The molecule has 1 fully saturated rings. The summed E-state index contributed by atoms with van der Waals surface area (Å²) in [6, 6.07) is 1.51. The number of carbonyl (C=O) groups excluding carboxylic acids is 1. The second-order valence-corrected chi connectivity index (χ2v) is 6.43. The zero-order valence-electron chi connectivity index (χ0n) is 12.8. The first-order valence-electron chi connectivity index (χ1n) is 7.45. The second-order valence-electron chi connectivity index (χ2n) is 5.51. The maximum absolute atomic E-state index is 13.1. The molecule has 24 heavy (non-hydrogen) atoms. The lowest BCUT2D eigenvalue weighted by Gasteiger charge is -2.33. The molecule has 3 aromatic rings. The number of pyridine rings is 1. The summed E-state index contributed by atoms with van der Waals surface area (Å²) in [6.45, 7) is 3.00. The van der Waals surface area contributed by atoms with Gasteiger partial charge in [0.05, 0.1) is 18.8 Å². The summed E-state index contributed by atoms with van der Waals surface area (Å²) in [6.07, 6.45) is 3.37. The zero-order valence-corrected chi connectivity index (χ0v) is 14.4. The number of hydrogen-bond donors (Lipinski definition) is 1. The molecule has 8 nitrogen and oxygen atoms in total. The number of morpholine rings is 1. The van der Waals surface area contributed by atoms with E-state index >= 15 is 0 Å². The summed E-state index contributed by atoms with van der Waals surface area (Å²) in [5.41, 5.74) is 1.23. The van der Waals surface area contributed by atoms with E-state index in [1.165, 1.54) is 0 Å². The number of H-pyrrole nitrogens is 1. The van der Waals surface area contributed by atoms with Crippen molar-refractivity contribution in [1.29, 1.82) is 0 Å². The predicted octanol–water partition coefficient (Wildman–Crippen LogP) is 2.23. The third kappa shape index (κ3) is 2.59. The van der Waals surface area contributed by atoms with Crippen molar-refractivity contribution in [3.63, 3.8) is 0 Å². The summed E-state index contributed by atoms with van der Waals surface area (Å²) in [7, 11) is 0. The first kappa shape index (κ1) is 15.3. The standard InChI is InChI=1S/C15H14BrN5O3/c1-8-19-14(20-24-8)12-7-23-3-2-21(12)15(22)11-6-18-13-10(11)4-9(16)5-17-13/h4-6,12H,2-3,7H2,1H3,(H,17,18). The first-order chi connectivity index (χ1) is 11.6. The number of amides is 1. The minimum absolute atomic E-state index is 0.114. The van der Waals surface area contributed by atoms with Gasteiger partial charge >= 0.3 is 0 Å². The van der Waals surface area contributed by atoms with Crippen LogP contribution in [0.15, 0.2) is 27.5 Å². The number of carbonyl (C=O) groups is 1. The number of nitrogens with zero attached hydrogens (tertiary/aromatic N) is 4. The minimum Gasteiger partial charge on any atom is -0.377 e. The molecule has 1 saturated heterocycles. The Balaban J connectivity index is 1.71. The monoisotopic (exact) mass is 391 g/mol. The molecule has 0 aromatic carbocycles. The van der Waals surface area contributed by atoms with Crippen LogP contribution in [0.4, 0.5) is 0 Å². The van der Waals surface area contributed by atoms with Crippen molar-refractivity contribution in [1.82, 2.24) is 25.0 Å². The van der Waals surface area contributed by atoms with E-state index in [0.29, 0.717) is 42.7 Å². The van der Waals surface area contributed by atoms with Crippen LogP contribution in [-0.2, 0) is 4.74 Å². The molecule has 0 aliphatic carbocycles. The van der Waals surface area contributed by atoms with E-state index in [2.05, 4.69) is 36.0 Å². The van der Waals surface area contributed by atoms with Crippen molar-refractivity contribution < 1.29 is 14.1 Å². The van der Waals surface area contributed by atoms with Gasteiger partial charge in [-0.3, -0.25) is 4.79 Å². The first-order valence-corrected chi connectivity index (χ1v) is 8.24. The summed E-state index contributed by atoms with van der Waals surface area (Å²) in [4.78, 5) is 26.4. The van der Waals surface area contributed by atoms with E-state index < -0.39 is 0 Å². The second kappa shape index (κ2) is 5.99. The van der Waals surface area contributed by atoms with E-state index in [1.807, 2.05) is 6.07 Å². The van der Waals surface area contributed by atoms with Crippen LogP contribution in [-0.4, -0.2) is 50.7 Å². The van der Waals surface area contributed by atoms with Gasteiger partial charge in [-0.15, -0.1) is 0 Å². The molecule has 1 aliphatic heterocycles. The van der Waals surface area contributed by atoms with Crippen molar-refractivity contribution in [2.45, 2.75) is 13.0 Å². The molecule has 1 atom stereocenters. The number of aryl methyl sites for hydroxylation is 1. The lowest BCUT2D eigenvalue weighted by atomic mass is 10.1. The smallest absolute Gasteiger partial charge is 0.256 e. The number of aromatic nitrogens is 4. The van der Waals surface area contributed by atoms with Crippen LogP contribution in [0.25, 0.3) is 11.0 Å². The van der Waals surface area contributed by atoms with E-state index in [-0.39, 0.29) is 11.9 Å². The zero-order chi connectivity index (χ0) is 16.7. The summed E-state index contributed by atoms with van der Waals surface area (Å²) in [5, 5.41) is 4.71. The van der Waals surface area contributed by atoms with Gasteiger partial charge in [0.25, 0.3) is 5.91 Å². The van der Waals surface area contributed by atoms with Gasteiger partial charge in [-0.1, -0.05) is 5.16 Å². The van der Waals surface area contributed by atoms with Gasteiger partial charge in [-0.25, -0.2) is 4.98 Å². The topological polar surface area (TPSA) is 97.1 Å². The Labute approximate surface area is 145 Å². The SMILES string of the molecule is Cc1nc(C2COCCN2C(=O)c2c[nH]c3ncc(Br)cc23)no1. The third-order valence-corrected chi connectivity index (χ3v) is 4.39. The van der Waals surface area contributed by atoms with Crippen LogP contribution in [0.1, 0.15) is 28.1 Å². The van der Waals surface area contributed by atoms with Crippen LogP contribution in [0, 0.1) is 6.92 Å². The molecular formula is C15H14BrN5O3. The van der Waals surface area contributed by atoms with Gasteiger partial charge in [0.15, 0.2) is 5.82 Å². The molecule has 1 amide bonds. The highest BCUT2D eigenvalue weighted by Gasteiger charge is 2.33. The number of nitrogens with one attached hydrogen (secondary N) is 1. The Kier molecular flexibility index (Phi) is 3.81. The van der Waals surface area contributed by atoms with E-state index in [4.69, 9.17) is 9.26 Å². The molecule has 9 heteroatoms. The molecule has 124 valence electrons. The van der Waals surface area contributed by atoms with Crippen LogP contribution in [0.3, 0.4) is 0 Å². The summed E-state index contributed by atoms with van der Waals surface area (Å²) >= 11 is 3.39. The number of ether oxygens (including phenoxy) is 1. The highest BCUT2D eigenvalue weighted by atomic mass is 79.9. The molecule has 4 rings (SSSR count). The Morgan fingerprint density at radius 2 is 2.38 bits per heavy atom. The summed E-state index contributed by atoms with van der Waals surface area (Å²) < 4.78 is 11.4. The van der Waals surface area contributed by atoms with Crippen molar-refractivity contribution in [3.05, 3.63) is 40.2 Å². The summed E-state index contributed by atoms with van der Waals surface area (Å²) in [5.74, 6) is 0.805. The largest absolute Gasteiger partial charge is 0.377 e. The van der Waals surface area contributed by atoms with E-state index in [1.54, 1.807) is 24.2 Å². The van der Waals surface area contributed by atoms with Gasteiger partial charge in [-0.2, -0.15) is 4.98 Å². The number of halogens is 1. The maximum Gasteiger partial charge on any atom is 0.256 e. The predicted molar refractivity (Wildman–Crippen MR) is 87.4 cm³/mol. The lowest BCUT2D eigenvalue weighted by molar-refractivity contribution is -0.00566. The van der Waals surface area contributed by atoms with Crippen LogP contribution < -0.4 is 0 Å². The van der Waals surface area contributed by atoms with Gasteiger partial charge in [-0.05, 0) is 22.0 Å². The Hall–Kier alpha value is -2.26. The van der Waals surface area contributed by atoms with Crippen LogP contribution >= 0.6 is 15.9 Å². The van der Waals surface area contributed by atoms with Crippen molar-refractivity contribution in [2.24, 2.45) is 0 Å². The molecule has 0 bridgehead atoms. The van der Waals surface area contributed by atoms with Crippen LogP contribution in [0.5, 0.6) is 0 Å². The Morgan fingerprint density at radius 1 is 1.50 bits per heavy atom. The van der Waals surface area contributed by atoms with Gasteiger partial charge in [0, 0.05) is 35.7 Å².